The van der Waals surface area contributed by atoms with Crippen LogP contribution in [0.5, 0.6) is 0 Å². The molecule has 1 aromatic rings. The van der Waals surface area contributed by atoms with Gasteiger partial charge in [-0.1, -0.05) is 13.0 Å². The zero-order valence-corrected chi connectivity index (χ0v) is 9.90. The molecule has 0 aliphatic heterocycles. The Morgan fingerprint density at radius 1 is 1.38 bits per heavy atom. The van der Waals surface area contributed by atoms with Crippen molar-refractivity contribution in [2.45, 2.75) is 12.7 Å². The van der Waals surface area contributed by atoms with Gasteiger partial charge >= 0.3 is 0 Å². The highest BCUT2D eigenvalue weighted by molar-refractivity contribution is 7.84. The Hall–Kier alpha value is -0.810. The lowest BCUT2D eigenvalue weighted by Crippen LogP contribution is -2.18. The first-order valence-electron chi connectivity index (χ1n) is 5.02. The largest absolute Gasteiger partial charge is 0.330 e. The molecule has 2 atom stereocenters. The minimum atomic E-state index is -1.28. The standard InChI is InChI=1S/C11H15F2NOS/c1-8(5-14)6-16(15)7-9-10(12)3-2-4-11(9)13/h2-4,8H,5-7,14H2,1H3. The monoisotopic (exact) mass is 247 g/mol. The summed E-state index contributed by atoms with van der Waals surface area (Å²) in [5.41, 5.74) is 5.28. The predicted molar refractivity (Wildman–Crippen MR) is 61.3 cm³/mol. The summed E-state index contributed by atoms with van der Waals surface area (Å²) in [5, 5.41) is 0. The number of halogens is 2. The lowest BCUT2D eigenvalue weighted by molar-refractivity contribution is 0.563. The minimum Gasteiger partial charge on any atom is -0.330 e. The molecule has 0 heterocycles. The molecule has 0 radical (unpaired) electrons. The molecular formula is C11H15F2NOS. The molecule has 2 unspecified atom stereocenters. The lowest BCUT2D eigenvalue weighted by Gasteiger charge is -2.09. The van der Waals surface area contributed by atoms with Crippen LogP contribution in [0.3, 0.4) is 0 Å². The fourth-order valence-electron chi connectivity index (χ4n) is 1.28. The first-order chi connectivity index (χ1) is 7.54. The maximum Gasteiger partial charge on any atom is 0.130 e. The van der Waals surface area contributed by atoms with E-state index in [1.54, 1.807) is 0 Å². The van der Waals surface area contributed by atoms with Crippen LogP contribution in [0.4, 0.5) is 8.78 Å². The Balaban J connectivity index is 2.70. The van der Waals surface area contributed by atoms with Gasteiger partial charge in [0.15, 0.2) is 0 Å². The van der Waals surface area contributed by atoms with Crippen molar-refractivity contribution in [3.63, 3.8) is 0 Å². The van der Waals surface area contributed by atoms with Crippen molar-refractivity contribution in [1.82, 2.24) is 0 Å². The first-order valence-corrected chi connectivity index (χ1v) is 6.51. The highest BCUT2D eigenvalue weighted by Crippen LogP contribution is 2.15. The van der Waals surface area contributed by atoms with Crippen LogP contribution < -0.4 is 5.73 Å². The van der Waals surface area contributed by atoms with Crippen molar-refractivity contribution >= 4 is 10.8 Å². The van der Waals surface area contributed by atoms with Gasteiger partial charge in [-0.2, -0.15) is 0 Å². The third kappa shape index (κ3) is 3.64. The van der Waals surface area contributed by atoms with Gasteiger partial charge < -0.3 is 5.73 Å². The Bertz CT molecular complexity index is 364. The molecule has 0 aliphatic carbocycles. The lowest BCUT2D eigenvalue weighted by atomic mass is 10.2. The minimum absolute atomic E-state index is 0.0932. The third-order valence-electron chi connectivity index (χ3n) is 2.24. The van der Waals surface area contributed by atoms with Crippen LogP contribution in [0.1, 0.15) is 12.5 Å². The van der Waals surface area contributed by atoms with Gasteiger partial charge in [0, 0.05) is 22.1 Å². The number of hydrogen-bond donors (Lipinski definition) is 1. The van der Waals surface area contributed by atoms with E-state index in [2.05, 4.69) is 0 Å². The van der Waals surface area contributed by atoms with Gasteiger partial charge in [0.2, 0.25) is 0 Å². The molecule has 0 saturated heterocycles. The van der Waals surface area contributed by atoms with Crippen LogP contribution in [0.25, 0.3) is 0 Å². The Morgan fingerprint density at radius 2 is 1.94 bits per heavy atom. The van der Waals surface area contributed by atoms with Crippen molar-refractivity contribution in [3.05, 3.63) is 35.4 Å². The van der Waals surface area contributed by atoms with Crippen LogP contribution in [0.2, 0.25) is 0 Å². The molecule has 0 fully saturated rings. The molecule has 2 N–H and O–H groups in total. The van der Waals surface area contributed by atoms with E-state index >= 15 is 0 Å². The zero-order chi connectivity index (χ0) is 12.1. The summed E-state index contributed by atoms with van der Waals surface area (Å²) in [6.07, 6.45) is 0. The quantitative estimate of drug-likeness (QED) is 0.862. The van der Waals surface area contributed by atoms with E-state index in [0.29, 0.717) is 12.3 Å². The highest BCUT2D eigenvalue weighted by atomic mass is 32.2. The van der Waals surface area contributed by atoms with Gasteiger partial charge in [-0.25, -0.2) is 8.78 Å². The number of benzene rings is 1. The molecule has 1 rings (SSSR count). The SMILES string of the molecule is CC(CN)CS(=O)Cc1c(F)cccc1F. The Kier molecular flexibility index (Phi) is 5.02. The van der Waals surface area contributed by atoms with Gasteiger partial charge in [0.1, 0.15) is 11.6 Å². The topological polar surface area (TPSA) is 43.1 Å². The summed E-state index contributed by atoms with van der Waals surface area (Å²) < 4.78 is 38.1. The highest BCUT2D eigenvalue weighted by Gasteiger charge is 2.13. The van der Waals surface area contributed by atoms with E-state index in [4.69, 9.17) is 5.73 Å². The molecule has 0 aromatic heterocycles. The fraction of sp³-hybridized carbons (Fsp3) is 0.455. The molecule has 0 aliphatic rings. The van der Waals surface area contributed by atoms with Crippen LogP contribution >= 0.6 is 0 Å². The zero-order valence-electron chi connectivity index (χ0n) is 9.08. The third-order valence-corrected chi connectivity index (χ3v) is 3.79. The summed E-state index contributed by atoms with van der Waals surface area (Å²) in [7, 11) is -1.28. The van der Waals surface area contributed by atoms with Crippen molar-refractivity contribution in [2.75, 3.05) is 12.3 Å². The van der Waals surface area contributed by atoms with Gasteiger partial charge in [0.25, 0.3) is 0 Å². The van der Waals surface area contributed by atoms with E-state index in [1.165, 1.54) is 18.2 Å². The Morgan fingerprint density at radius 3 is 2.44 bits per heavy atom. The predicted octanol–water partition coefficient (Wildman–Crippen LogP) is 1.81. The van der Waals surface area contributed by atoms with Crippen molar-refractivity contribution < 1.29 is 13.0 Å². The normalized spacial score (nSPS) is 14.8. The molecule has 0 amide bonds. The summed E-state index contributed by atoms with van der Waals surface area (Å²) in [5.74, 6) is -0.925. The molecule has 90 valence electrons. The average molecular weight is 247 g/mol. The van der Waals surface area contributed by atoms with Crippen LogP contribution in [-0.4, -0.2) is 16.5 Å². The molecule has 0 saturated carbocycles. The molecule has 1 aromatic carbocycles. The summed E-state index contributed by atoms with van der Waals surface area (Å²) >= 11 is 0. The summed E-state index contributed by atoms with van der Waals surface area (Å²) in [6.45, 7) is 2.28. The number of hydrogen-bond acceptors (Lipinski definition) is 2. The van der Waals surface area contributed by atoms with E-state index < -0.39 is 22.4 Å². The second-order valence-electron chi connectivity index (χ2n) is 3.79. The van der Waals surface area contributed by atoms with Crippen LogP contribution in [-0.2, 0) is 16.6 Å². The Labute approximate surface area is 96.3 Å². The summed E-state index contributed by atoms with van der Waals surface area (Å²) in [4.78, 5) is 0. The van der Waals surface area contributed by atoms with Crippen molar-refractivity contribution in [2.24, 2.45) is 11.7 Å². The van der Waals surface area contributed by atoms with Crippen LogP contribution in [0.15, 0.2) is 18.2 Å². The van der Waals surface area contributed by atoms with E-state index in [9.17, 15) is 13.0 Å². The maximum absolute atomic E-state index is 13.2. The smallest absolute Gasteiger partial charge is 0.130 e. The van der Waals surface area contributed by atoms with Gasteiger partial charge in [-0.15, -0.1) is 0 Å². The first kappa shape index (κ1) is 13.3. The van der Waals surface area contributed by atoms with Gasteiger partial charge in [-0.05, 0) is 24.6 Å². The maximum atomic E-state index is 13.2. The molecular weight excluding hydrogens is 232 g/mol. The van der Waals surface area contributed by atoms with Gasteiger partial charge in [0.05, 0.1) is 5.75 Å². The van der Waals surface area contributed by atoms with E-state index in [1.807, 2.05) is 6.92 Å². The van der Waals surface area contributed by atoms with Gasteiger partial charge in [-0.3, -0.25) is 4.21 Å². The number of nitrogens with two attached hydrogens (primary N) is 1. The number of rotatable bonds is 5. The molecule has 0 spiro atoms. The molecule has 2 nitrogen and oxygen atoms in total. The van der Waals surface area contributed by atoms with Crippen molar-refractivity contribution in [3.8, 4) is 0 Å². The molecule has 5 heteroatoms. The van der Waals surface area contributed by atoms with E-state index in [0.717, 1.165) is 0 Å². The molecule has 0 bridgehead atoms. The fourth-order valence-corrected chi connectivity index (χ4v) is 2.76. The van der Waals surface area contributed by atoms with E-state index in [-0.39, 0.29) is 17.2 Å². The second kappa shape index (κ2) is 6.06. The second-order valence-corrected chi connectivity index (χ2v) is 5.29. The average Bonchev–Trinajstić information content (AvgIpc) is 2.23. The van der Waals surface area contributed by atoms with Crippen molar-refractivity contribution in [1.29, 1.82) is 0 Å². The summed E-state index contributed by atoms with van der Waals surface area (Å²) in [6, 6.07) is 3.63. The molecule has 16 heavy (non-hydrogen) atoms. The van der Waals surface area contributed by atoms with Crippen LogP contribution in [0, 0.1) is 17.6 Å².